The molecule has 0 atom stereocenters. The van der Waals surface area contributed by atoms with E-state index in [1.165, 1.54) is 11.8 Å². The van der Waals surface area contributed by atoms with Gasteiger partial charge in [-0.15, -0.1) is 28.5 Å². The average Bonchev–Trinajstić information content (AvgIpc) is 3.10. The minimum Gasteiger partial charge on any atom is -0.324 e. The predicted octanol–water partition coefficient (Wildman–Crippen LogP) is 3.98. The summed E-state index contributed by atoms with van der Waals surface area (Å²) >= 11 is 2.95. The second kappa shape index (κ2) is 9.38. The summed E-state index contributed by atoms with van der Waals surface area (Å²) in [5.74, 6) is 0.891. The van der Waals surface area contributed by atoms with Crippen LogP contribution in [0.4, 0.5) is 5.69 Å². The van der Waals surface area contributed by atoms with Gasteiger partial charge < -0.3 is 5.32 Å². The summed E-state index contributed by atoms with van der Waals surface area (Å²) in [5.41, 5.74) is 1.74. The van der Waals surface area contributed by atoms with E-state index in [2.05, 4.69) is 27.1 Å². The van der Waals surface area contributed by atoms with Gasteiger partial charge in [-0.05, 0) is 30.5 Å². The maximum atomic E-state index is 12.4. The molecule has 0 unspecified atom stereocenters. The molecule has 0 aliphatic rings. The number of carbonyl (C=O) groups excluding carboxylic acids is 1. The first kappa shape index (κ1) is 19.2. The molecule has 1 amide bonds. The summed E-state index contributed by atoms with van der Waals surface area (Å²) in [6.45, 7) is 4.36. The molecule has 2 aromatic heterocycles. The lowest BCUT2D eigenvalue weighted by atomic mass is 10.2. The summed E-state index contributed by atoms with van der Waals surface area (Å²) < 4.78 is 1.94. The van der Waals surface area contributed by atoms with Crippen LogP contribution < -0.4 is 5.32 Å². The smallest absolute Gasteiger partial charge is 0.234 e. The van der Waals surface area contributed by atoms with Crippen LogP contribution in [0, 0.1) is 0 Å². The number of para-hydroxylation sites is 1. The summed E-state index contributed by atoms with van der Waals surface area (Å²) in [6, 6.07) is 11.5. The lowest BCUT2D eigenvalue weighted by Gasteiger charge is -2.10. The van der Waals surface area contributed by atoms with Crippen LogP contribution in [-0.4, -0.2) is 37.7 Å². The number of nitrogens with zero attached hydrogens (tertiary/aromatic N) is 4. The standard InChI is InChI=1S/C19H19N5OS2/c1-3-12-24-18(14-8-10-20-11-9-14)22-23-19(24)27-13-17(25)21-15-6-4-5-7-16(15)26-2/h3-11H,1,12-13H2,2H3,(H,21,25). The van der Waals surface area contributed by atoms with Crippen molar-refractivity contribution in [1.82, 2.24) is 19.7 Å². The molecule has 1 N–H and O–H groups in total. The zero-order chi connectivity index (χ0) is 19.1. The van der Waals surface area contributed by atoms with E-state index < -0.39 is 0 Å². The van der Waals surface area contributed by atoms with Crippen LogP contribution in [0.5, 0.6) is 0 Å². The molecular formula is C19H19N5OS2. The summed E-state index contributed by atoms with van der Waals surface area (Å²) in [4.78, 5) is 17.4. The predicted molar refractivity (Wildman–Crippen MR) is 111 cm³/mol. The molecule has 0 fully saturated rings. The molecular weight excluding hydrogens is 378 g/mol. The molecule has 0 bridgehead atoms. The highest BCUT2D eigenvalue weighted by Gasteiger charge is 2.15. The van der Waals surface area contributed by atoms with Crippen molar-refractivity contribution in [1.29, 1.82) is 0 Å². The second-order valence-electron chi connectivity index (χ2n) is 5.48. The van der Waals surface area contributed by atoms with Crippen molar-refractivity contribution in [2.75, 3.05) is 17.3 Å². The third kappa shape index (κ3) is 4.78. The van der Waals surface area contributed by atoms with Crippen LogP contribution in [-0.2, 0) is 11.3 Å². The number of allylic oxidation sites excluding steroid dienone is 1. The number of benzene rings is 1. The Morgan fingerprint density at radius 1 is 1.22 bits per heavy atom. The number of hydrogen-bond acceptors (Lipinski definition) is 6. The van der Waals surface area contributed by atoms with Crippen LogP contribution in [0.25, 0.3) is 11.4 Å². The summed E-state index contributed by atoms with van der Waals surface area (Å²) in [6.07, 6.45) is 7.20. The van der Waals surface area contributed by atoms with E-state index in [0.717, 1.165) is 22.0 Å². The van der Waals surface area contributed by atoms with Crippen molar-refractivity contribution in [3.8, 4) is 11.4 Å². The molecule has 0 saturated heterocycles. The quantitative estimate of drug-likeness (QED) is 0.458. The molecule has 138 valence electrons. The van der Waals surface area contributed by atoms with Crippen molar-refractivity contribution in [3.05, 3.63) is 61.4 Å². The van der Waals surface area contributed by atoms with Crippen molar-refractivity contribution in [2.45, 2.75) is 16.6 Å². The fraction of sp³-hybridized carbons (Fsp3) is 0.158. The maximum Gasteiger partial charge on any atom is 0.234 e. The second-order valence-corrected chi connectivity index (χ2v) is 7.27. The number of carbonyl (C=O) groups is 1. The maximum absolute atomic E-state index is 12.4. The molecule has 3 aromatic rings. The van der Waals surface area contributed by atoms with Crippen molar-refractivity contribution < 1.29 is 4.79 Å². The largest absolute Gasteiger partial charge is 0.324 e. The summed E-state index contributed by atoms with van der Waals surface area (Å²) in [7, 11) is 0. The molecule has 2 heterocycles. The van der Waals surface area contributed by atoms with Crippen LogP contribution in [0.2, 0.25) is 0 Å². The highest BCUT2D eigenvalue weighted by atomic mass is 32.2. The molecule has 27 heavy (non-hydrogen) atoms. The van der Waals surface area contributed by atoms with Crippen LogP contribution in [0.1, 0.15) is 0 Å². The van der Waals surface area contributed by atoms with Gasteiger partial charge in [0.25, 0.3) is 0 Å². The Kier molecular flexibility index (Phi) is 6.67. The molecule has 8 heteroatoms. The van der Waals surface area contributed by atoms with Gasteiger partial charge in [-0.3, -0.25) is 14.3 Å². The minimum absolute atomic E-state index is 0.0832. The SMILES string of the molecule is C=CCn1c(SCC(=O)Nc2ccccc2SC)nnc1-c1ccncc1. The van der Waals surface area contributed by atoms with E-state index in [0.29, 0.717) is 11.7 Å². The minimum atomic E-state index is -0.0832. The topological polar surface area (TPSA) is 72.7 Å². The number of rotatable bonds is 8. The third-order valence-electron chi connectivity index (χ3n) is 3.68. The van der Waals surface area contributed by atoms with E-state index in [-0.39, 0.29) is 11.7 Å². The molecule has 0 radical (unpaired) electrons. The number of hydrogen-bond donors (Lipinski definition) is 1. The molecule has 3 rings (SSSR count). The Labute approximate surface area is 166 Å². The van der Waals surface area contributed by atoms with Gasteiger partial charge in [0.2, 0.25) is 5.91 Å². The molecule has 0 saturated carbocycles. The van der Waals surface area contributed by atoms with E-state index >= 15 is 0 Å². The number of amides is 1. The van der Waals surface area contributed by atoms with Gasteiger partial charge in [0, 0.05) is 29.4 Å². The first-order valence-corrected chi connectivity index (χ1v) is 10.4. The molecule has 0 aliphatic heterocycles. The normalized spacial score (nSPS) is 10.6. The zero-order valence-electron chi connectivity index (χ0n) is 14.8. The van der Waals surface area contributed by atoms with E-state index in [9.17, 15) is 4.79 Å². The van der Waals surface area contributed by atoms with Gasteiger partial charge in [-0.25, -0.2) is 0 Å². The first-order valence-electron chi connectivity index (χ1n) is 8.23. The Hall–Kier alpha value is -2.58. The fourth-order valence-electron chi connectivity index (χ4n) is 2.47. The van der Waals surface area contributed by atoms with Crippen LogP contribution in [0.15, 0.2) is 71.5 Å². The number of pyridine rings is 1. The lowest BCUT2D eigenvalue weighted by Crippen LogP contribution is -2.15. The Bertz CT molecular complexity index is 927. The van der Waals surface area contributed by atoms with Crippen molar-refractivity contribution in [2.24, 2.45) is 0 Å². The zero-order valence-corrected chi connectivity index (χ0v) is 16.5. The monoisotopic (exact) mass is 397 g/mol. The Balaban J connectivity index is 1.71. The van der Waals surface area contributed by atoms with Gasteiger partial charge in [-0.2, -0.15) is 0 Å². The fourth-order valence-corrected chi connectivity index (χ4v) is 3.77. The molecule has 0 spiro atoms. The van der Waals surface area contributed by atoms with Gasteiger partial charge in [0.1, 0.15) is 0 Å². The average molecular weight is 398 g/mol. The van der Waals surface area contributed by atoms with Crippen molar-refractivity contribution >= 4 is 35.1 Å². The number of nitrogens with one attached hydrogen (secondary N) is 1. The van der Waals surface area contributed by atoms with Gasteiger partial charge in [0.05, 0.1) is 11.4 Å². The summed E-state index contributed by atoms with van der Waals surface area (Å²) in [5, 5.41) is 12.2. The number of thioether (sulfide) groups is 2. The molecule has 6 nitrogen and oxygen atoms in total. The van der Waals surface area contributed by atoms with Crippen LogP contribution >= 0.6 is 23.5 Å². The third-order valence-corrected chi connectivity index (χ3v) is 5.44. The molecule has 0 aliphatic carbocycles. The van der Waals surface area contributed by atoms with Crippen LogP contribution in [0.3, 0.4) is 0 Å². The first-order chi connectivity index (χ1) is 13.2. The van der Waals surface area contributed by atoms with Gasteiger partial charge in [0.15, 0.2) is 11.0 Å². The lowest BCUT2D eigenvalue weighted by molar-refractivity contribution is -0.113. The van der Waals surface area contributed by atoms with Gasteiger partial charge >= 0.3 is 0 Å². The number of anilines is 1. The van der Waals surface area contributed by atoms with E-state index in [1.807, 2.05) is 47.2 Å². The van der Waals surface area contributed by atoms with E-state index in [1.54, 1.807) is 30.2 Å². The highest BCUT2D eigenvalue weighted by molar-refractivity contribution is 7.99. The Morgan fingerprint density at radius 2 is 2.00 bits per heavy atom. The molecule has 1 aromatic carbocycles. The van der Waals surface area contributed by atoms with Crippen molar-refractivity contribution in [3.63, 3.8) is 0 Å². The highest BCUT2D eigenvalue weighted by Crippen LogP contribution is 2.26. The number of aromatic nitrogens is 4. The van der Waals surface area contributed by atoms with E-state index in [4.69, 9.17) is 0 Å². The Morgan fingerprint density at radius 3 is 2.74 bits per heavy atom. The van der Waals surface area contributed by atoms with Gasteiger partial charge in [-0.1, -0.05) is 30.0 Å².